The zero-order valence-corrected chi connectivity index (χ0v) is 23.4. The summed E-state index contributed by atoms with van der Waals surface area (Å²) in [4.78, 5) is 32.1. The number of thioether (sulfide) groups is 1. The van der Waals surface area contributed by atoms with E-state index >= 15 is 0 Å². The van der Waals surface area contributed by atoms with Crippen LogP contribution in [-0.2, 0) is 16.0 Å². The predicted octanol–water partition coefficient (Wildman–Crippen LogP) is 6.32. The van der Waals surface area contributed by atoms with Crippen LogP contribution in [0.4, 0.5) is 0 Å². The molecule has 0 spiro atoms. The Morgan fingerprint density at radius 3 is 2.56 bits per heavy atom. The van der Waals surface area contributed by atoms with Gasteiger partial charge in [0.2, 0.25) is 0 Å². The fraction of sp³-hybridized carbons (Fsp3) is 0.345. The average Bonchev–Trinajstić information content (AvgIpc) is 3.66. The first-order valence-corrected chi connectivity index (χ1v) is 14.6. The van der Waals surface area contributed by atoms with E-state index in [0.29, 0.717) is 51.6 Å². The van der Waals surface area contributed by atoms with Crippen molar-refractivity contribution in [3.63, 3.8) is 0 Å². The molecule has 1 saturated heterocycles. The molecule has 2 heterocycles. The molecular weight excluding hydrogens is 559 g/mol. The fourth-order valence-corrected chi connectivity index (χ4v) is 6.13. The summed E-state index contributed by atoms with van der Waals surface area (Å²) in [5.41, 5.74) is 1.81. The second kappa shape index (κ2) is 12.5. The number of esters is 1. The van der Waals surface area contributed by atoms with Gasteiger partial charge in [-0.15, -0.1) is 11.8 Å². The minimum atomic E-state index is -0.761. The molecule has 10 heteroatoms. The van der Waals surface area contributed by atoms with Crippen LogP contribution in [-0.4, -0.2) is 51.1 Å². The quantitative estimate of drug-likeness (QED) is 0.278. The van der Waals surface area contributed by atoms with Crippen molar-refractivity contribution in [3.8, 4) is 11.5 Å². The Hall–Kier alpha value is -2.94. The van der Waals surface area contributed by atoms with Crippen LogP contribution < -0.4 is 4.74 Å². The van der Waals surface area contributed by atoms with Gasteiger partial charge in [0.1, 0.15) is 6.10 Å². The molecule has 1 unspecified atom stereocenters. The van der Waals surface area contributed by atoms with Crippen molar-refractivity contribution in [2.75, 3.05) is 18.9 Å². The highest BCUT2D eigenvalue weighted by Crippen LogP contribution is 2.37. The number of phenolic OH excluding ortho intramolecular Hbond substituents is 1. The maximum atomic E-state index is 13.3. The number of ether oxygens (including phenoxy) is 2. The van der Waals surface area contributed by atoms with Crippen LogP contribution in [0.25, 0.3) is 0 Å². The summed E-state index contributed by atoms with van der Waals surface area (Å²) >= 11 is 14.3. The summed E-state index contributed by atoms with van der Waals surface area (Å²) in [5.74, 6) is 1.02. The second-order valence-electron chi connectivity index (χ2n) is 9.64. The van der Waals surface area contributed by atoms with Gasteiger partial charge in [0.15, 0.2) is 11.5 Å². The Bertz CT molecular complexity index is 1320. The Labute approximate surface area is 241 Å². The summed E-state index contributed by atoms with van der Waals surface area (Å²) in [6.07, 6.45) is 4.67. The van der Waals surface area contributed by atoms with E-state index in [9.17, 15) is 14.7 Å². The molecular formula is C29H28Cl2N2O5S. The van der Waals surface area contributed by atoms with Crippen LogP contribution in [0, 0.1) is 5.92 Å². The van der Waals surface area contributed by atoms with Crippen molar-refractivity contribution in [2.45, 2.75) is 37.2 Å². The molecule has 2 aliphatic rings. The van der Waals surface area contributed by atoms with Crippen molar-refractivity contribution >= 4 is 46.8 Å². The number of phenols is 1. The van der Waals surface area contributed by atoms with E-state index in [1.165, 1.54) is 18.5 Å². The number of rotatable bonds is 10. The molecule has 204 valence electrons. The molecule has 0 radical (unpaired) electrons. The van der Waals surface area contributed by atoms with E-state index < -0.39 is 12.1 Å². The minimum absolute atomic E-state index is 0.0156. The lowest BCUT2D eigenvalue weighted by atomic mass is 10.0. The largest absolute Gasteiger partial charge is 0.504 e. The molecule has 1 amide bonds. The number of carbonyl (C=O) groups excluding carboxylic acids is 2. The Morgan fingerprint density at radius 1 is 1.10 bits per heavy atom. The van der Waals surface area contributed by atoms with E-state index in [4.69, 9.17) is 32.7 Å². The lowest BCUT2D eigenvalue weighted by Crippen LogP contribution is -2.36. The first-order valence-electron chi connectivity index (χ1n) is 12.8. The Morgan fingerprint density at radius 2 is 1.85 bits per heavy atom. The van der Waals surface area contributed by atoms with Crippen LogP contribution in [0.15, 0.2) is 60.9 Å². The molecule has 2 aromatic carbocycles. The normalized spacial score (nSPS) is 17.6. The molecule has 39 heavy (non-hydrogen) atoms. The van der Waals surface area contributed by atoms with E-state index in [-0.39, 0.29) is 29.9 Å². The number of amides is 1. The number of benzene rings is 2. The maximum absolute atomic E-state index is 13.3. The van der Waals surface area contributed by atoms with Crippen molar-refractivity contribution < 1.29 is 24.2 Å². The van der Waals surface area contributed by atoms with E-state index in [1.54, 1.807) is 40.9 Å². The smallest absolute Gasteiger partial charge is 0.309 e. The molecule has 1 N–H and O–H groups in total. The third-order valence-electron chi connectivity index (χ3n) is 6.76. The highest BCUT2D eigenvalue weighted by atomic mass is 35.5. The summed E-state index contributed by atoms with van der Waals surface area (Å²) in [7, 11) is 0. The number of carbonyl (C=O) groups is 2. The van der Waals surface area contributed by atoms with Crippen molar-refractivity contribution in [3.05, 3.63) is 87.7 Å². The van der Waals surface area contributed by atoms with Crippen molar-refractivity contribution in [1.29, 1.82) is 0 Å². The van der Waals surface area contributed by atoms with Gasteiger partial charge in [-0.25, -0.2) is 0 Å². The van der Waals surface area contributed by atoms with Crippen LogP contribution in [0.5, 0.6) is 11.5 Å². The van der Waals surface area contributed by atoms with E-state index in [0.717, 1.165) is 18.6 Å². The number of aromatic nitrogens is 1. The number of halogens is 2. The lowest BCUT2D eigenvalue weighted by Gasteiger charge is -2.25. The van der Waals surface area contributed by atoms with Gasteiger partial charge in [-0.3, -0.25) is 14.6 Å². The number of nitrogens with zero attached hydrogens (tertiary/aromatic N) is 2. The summed E-state index contributed by atoms with van der Waals surface area (Å²) < 4.78 is 11.9. The molecule has 1 aromatic heterocycles. The molecule has 1 saturated carbocycles. The molecule has 1 aliphatic carbocycles. The van der Waals surface area contributed by atoms with Crippen molar-refractivity contribution in [2.24, 2.45) is 5.92 Å². The van der Waals surface area contributed by atoms with E-state index in [2.05, 4.69) is 4.98 Å². The number of hydrogen-bond acceptors (Lipinski definition) is 7. The number of pyridine rings is 1. The average molecular weight is 588 g/mol. The summed E-state index contributed by atoms with van der Waals surface area (Å²) in [5, 5.41) is 10.7. The number of hydrogen-bond donors (Lipinski definition) is 1. The van der Waals surface area contributed by atoms with Crippen LogP contribution in [0.3, 0.4) is 0 Å². The van der Waals surface area contributed by atoms with Crippen molar-refractivity contribution in [1.82, 2.24) is 9.88 Å². The zero-order chi connectivity index (χ0) is 27.4. The van der Waals surface area contributed by atoms with Crippen LogP contribution in [0.1, 0.15) is 46.9 Å². The third-order valence-corrected chi connectivity index (χ3v) is 8.63. The molecule has 0 bridgehead atoms. The van der Waals surface area contributed by atoms with Gasteiger partial charge in [0, 0.05) is 36.7 Å². The standard InChI is InChI=1S/C29H28Cl2N2O5S/c30-22-15-32-16-23(31)21(22)13-25(20-8-9-24(34)26(12-20)37-17-18-6-7-18)38-28(35)14-27-33(10-11-39-27)29(36)19-4-2-1-3-5-19/h1-5,8-9,12,15-16,18,25,27,34H,6-7,10-11,13-14,17H2/t25-,27?/m0/s1. The molecule has 7 nitrogen and oxygen atoms in total. The topological polar surface area (TPSA) is 89.0 Å². The molecule has 2 fully saturated rings. The van der Waals surface area contributed by atoms with Gasteiger partial charge in [0.25, 0.3) is 5.91 Å². The SMILES string of the molecule is O=C(CC1SCCN1C(=O)c1ccccc1)O[C@@H](Cc1c(Cl)cncc1Cl)c1ccc(O)c(OCC2CC2)c1. The van der Waals surface area contributed by atoms with E-state index in [1.807, 2.05) is 18.2 Å². The zero-order valence-electron chi connectivity index (χ0n) is 21.1. The predicted molar refractivity (Wildman–Crippen MR) is 151 cm³/mol. The monoisotopic (exact) mass is 586 g/mol. The van der Waals surface area contributed by atoms with Crippen LogP contribution in [0.2, 0.25) is 10.0 Å². The molecule has 2 atom stereocenters. The number of aromatic hydroxyl groups is 1. The van der Waals surface area contributed by atoms with Crippen LogP contribution >= 0.6 is 35.0 Å². The first kappa shape index (κ1) is 27.6. The van der Waals surface area contributed by atoms with Gasteiger partial charge in [-0.1, -0.05) is 47.5 Å². The Kier molecular flexibility index (Phi) is 8.85. The third kappa shape index (κ3) is 6.99. The first-order chi connectivity index (χ1) is 18.9. The summed E-state index contributed by atoms with van der Waals surface area (Å²) in [6, 6.07) is 13.9. The molecule has 1 aliphatic heterocycles. The fourth-order valence-electron chi connectivity index (χ4n) is 4.40. The lowest BCUT2D eigenvalue weighted by molar-refractivity contribution is -0.149. The minimum Gasteiger partial charge on any atom is -0.504 e. The Balaban J connectivity index is 1.35. The molecule has 3 aromatic rings. The van der Waals surface area contributed by atoms with Gasteiger partial charge in [0.05, 0.1) is 28.4 Å². The highest BCUT2D eigenvalue weighted by Gasteiger charge is 2.33. The maximum Gasteiger partial charge on any atom is 0.309 e. The van der Waals surface area contributed by atoms with Gasteiger partial charge < -0.3 is 19.5 Å². The van der Waals surface area contributed by atoms with Gasteiger partial charge in [-0.2, -0.15) is 0 Å². The molecule has 5 rings (SSSR count). The van der Waals surface area contributed by atoms with Gasteiger partial charge >= 0.3 is 5.97 Å². The second-order valence-corrected chi connectivity index (χ2v) is 11.7. The van der Waals surface area contributed by atoms with Gasteiger partial charge in [-0.05, 0) is 54.2 Å². The summed E-state index contributed by atoms with van der Waals surface area (Å²) in [6.45, 7) is 1.08. The highest BCUT2D eigenvalue weighted by molar-refractivity contribution is 8.00.